The van der Waals surface area contributed by atoms with E-state index in [1.165, 1.54) is 23.2 Å². The highest BCUT2D eigenvalue weighted by Gasteiger charge is 2.34. The van der Waals surface area contributed by atoms with Gasteiger partial charge in [0, 0.05) is 10.7 Å². The second kappa shape index (κ2) is 6.73. The van der Waals surface area contributed by atoms with E-state index >= 15 is 0 Å². The summed E-state index contributed by atoms with van der Waals surface area (Å²) >= 11 is 0. The van der Waals surface area contributed by atoms with E-state index in [-0.39, 0.29) is 16.5 Å². The fraction of sp³-hybridized carbons (Fsp3) is 0.125. The third-order valence-electron chi connectivity index (χ3n) is 3.48. The molecule has 2 aromatic carbocycles. The van der Waals surface area contributed by atoms with E-state index in [4.69, 9.17) is 10.7 Å². The molecule has 0 saturated carbocycles. The average Bonchev–Trinajstić information content (AvgIpc) is 2.88. The first-order valence-electron chi connectivity index (χ1n) is 7.26. The van der Waals surface area contributed by atoms with Gasteiger partial charge in [-0.05, 0) is 37.3 Å². The van der Waals surface area contributed by atoms with Crippen LogP contribution in [0.5, 0.6) is 0 Å². The van der Waals surface area contributed by atoms with E-state index in [1.807, 2.05) is 6.07 Å². The largest absolute Gasteiger partial charge is 0.280 e. The fourth-order valence-corrected chi connectivity index (χ4v) is 3.06. The number of carbonyl (C=O) groups is 1. The van der Waals surface area contributed by atoms with Crippen LogP contribution in [0.2, 0.25) is 0 Å². The van der Waals surface area contributed by atoms with Gasteiger partial charge < -0.3 is 0 Å². The van der Waals surface area contributed by atoms with Gasteiger partial charge in [-0.15, -0.1) is 0 Å². The Bertz CT molecular complexity index is 974. The monoisotopic (exact) mass is 376 g/mol. The highest BCUT2D eigenvalue weighted by atomic mass is 35.7. The molecule has 0 aromatic heterocycles. The topological polar surface area (TPSA) is 91.5 Å². The molecule has 1 amide bonds. The van der Waals surface area contributed by atoms with E-state index in [0.29, 0.717) is 11.4 Å². The Morgan fingerprint density at radius 3 is 2.52 bits per heavy atom. The lowest BCUT2D eigenvalue weighted by molar-refractivity contribution is -0.117. The number of rotatable bonds is 4. The highest BCUT2D eigenvalue weighted by Crippen LogP contribution is 2.24. The molecule has 0 spiro atoms. The molecular formula is C16H13ClN4O3S. The number of anilines is 1. The van der Waals surface area contributed by atoms with Crippen molar-refractivity contribution in [1.29, 1.82) is 0 Å². The minimum absolute atomic E-state index is 0.0836. The smallest absolute Gasteiger partial charge is 0.269 e. The minimum atomic E-state index is -3.86. The quantitative estimate of drug-likeness (QED) is 0.604. The Balaban J connectivity index is 1.83. The third kappa shape index (κ3) is 3.75. The number of para-hydroxylation sites is 1. The predicted octanol–water partition coefficient (Wildman–Crippen LogP) is 3.49. The average molecular weight is 377 g/mol. The summed E-state index contributed by atoms with van der Waals surface area (Å²) in [7, 11) is 1.45. The van der Waals surface area contributed by atoms with Crippen molar-refractivity contribution in [1.82, 2.24) is 0 Å². The zero-order chi connectivity index (χ0) is 18.0. The lowest BCUT2D eigenvalue weighted by Gasteiger charge is -2.11. The van der Waals surface area contributed by atoms with Gasteiger partial charge >= 0.3 is 0 Å². The molecule has 25 heavy (non-hydrogen) atoms. The maximum absolute atomic E-state index is 12.5. The molecule has 1 atom stereocenters. The van der Waals surface area contributed by atoms with Gasteiger partial charge in [0.25, 0.3) is 15.0 Å². The van der Waals surface area contributed by atoms with Gasteiger partial charge in [0.2, 0.25) is 0 Å². The summed E-state index contributed by atoms with van der Waals surface area (Å²) in [5, 5.41) is 13.5. The van der Waals surface area contributed by atoms with Gasteiger partial charge in [-0.2, -0.15) is 20.3 Å². The maximum atomic E-state index is 12.5. The Morgan fingerprint density at radius 1 is 1.12 bits per heavy atom. The number of nitrogens with zero attached hydrogens (tertiary/aromatic N) is 4. The standard InChI is InChI=1S/C16H13ClN4O3S/c1-11-15(16(22)21(20-11)13-7-3-2-4-8-13)19-18-12-6-5-9-14(10-12)25(17,23)24/h2-10,15H,1H3. The van der Waals surface area contributed by atoms with Crippen molar-refractivity contribution in [3.8, 4) is 0 Å². The summed E-state index contributed by atoms with van der Waals surface area (Å²) in [5.74, 6) is -0.325. The van der Waals surface area contributed by atoms with Crippen LogP contribution in [0.25, 0.3) is 0 Å². The molecule has 0 bridgehead atoms. The van der Waals surface area contributed by atoms with Gasteiger partial charge in [0.05, 0.1) is 22.0 Å². The number of hydrogen-bond acceptors (Lipinski definition) is 6. The summed E-state index contributed by atoms with van der Waals surface area (Å²) < 4.78 is 22.7. The Labute approximate surface area is 149 Å². The van der Waals surface area contributed by atoms with Gasteiger partial charge in [-0.25, -0.2) is 8.42 Å². The molecule has 0 fully saturated rings. The molecule has 0 aliphatic carbocycles. The molecule has 1 heterocycles. The first-order valence-corrected chi connectivity index (χ1v) is 9.57. The SMILES string of the molecule is CC1=NN(c2ccccc2)C(=O)C1N=Nc1cccc(S(=O)(=O)Cl)c1. The number of carbonyl (C=O) groups excluding carboxylic acids is 1. The number of amides is 1. The van der Waals surface area contributed by atoms with Gasteiger partial charge in [0.15, 0.2) is 6.04 Å². The van der Waals surface area contributed by atoms with Crippen molar-refractivity contribution in [2.24, 2.45) is 15.3 Å². The Morgan fingerprint density at radius 2 is 1.84 bits per heavy atom. The fourth-order valence-electron chi connectivity index (χ4n) is 2.27. The summed E-state index contributed by atoms with van der Waals surface area (Å²) in [6, 6.07) is 13.8. The van der Waals surface area contributed by atoms with Crippen LogP contribution in [0.3, 0.4) is 0 Å². The van der Waals surface area contributed by atoms with Gasteiger partial charge in [-0.3, -0.25) is 4.79 Å². The zero-order valence-corrected chi connectivity index (χ0v) is 14.6. The van der Waals surface area contributed by atoms with Crippen LogP contribution < -0.4 is 5.01 Å². The van der Waals surface area contributed by atoms with E-state index in [1.54, 1.807) is 37.3 Å². The Kier molecular flexibility index (Phi) is 4.65. The summed E-state index contributed by atoms with van der Waals surface area (Å²) in [6.45, 7) is 1.68. The van der Waals surface area contributed by atoms with Crippen LogP contribution in [0.15, 0.2) is 74.8 Å². The second-order valence-corrected chi connectivity index (χ2v) is 7.85. The van der Waals surface area contributed by atoms with Crippen molar-refractivity contribution < 1.29 is 13.2 Å². The van der Waals surface area contributed by atoms with Crippen molar-refractivity contribution >= 4 is 42.7 Å². The van der Waals surface area contributed by atoms with Crippen LogP contribution in [-0.4, -0.2) is 26.1 Å². The lowest BCUT2D eigenvalue weighted by atomic mass is 10.2. The van der Waals surface area contributed by atoms with Crippen molar-refractivity contribution in [3.05, 3.63) is 54.6 Å². The van der Waals surface area contributed by atoms with Crippen LogP contribution >= 0.6 is 10.7 Å². The molecular weight excluding hydrogens is 364 g/mol. The van der Waals surface area contributed by atoms with Crippen LogP contribution in [0.1, 0.15) is 6.92 Å². The van der Waals surface area contributed by atoms with E-state index in [2.05, 4.69) is 15.3 Å². The number of benzene rings is 2. The molecule has 0 saturated heterocycles. The number of azo groups is 1. The summed E-state index contributed by atoms with van der Waals surface area (Å²) in [4.78, 5) is 12.4. The van der Waals surface area contributed by atoms with Crippen molar-refractivity contribution in [2.75, 3.05) is 5.01 Å². The second-order valence-electron chi connectivity index (χ2n) is 5.28. The molecule has 1 unspecified atom stereocenters. The molecule has 1 aliphatic rings. The van der Waals surface area contributed by atoms with E-state index < -0.39 is 15.1 Å². The molecule has 9 heteroatoms. The van der Waals surface area contributed by atoms with Crippen LogP contribution in [0.4, 0.5) is 11.4 Å². The number of hydrogen-bond donors (Lipinski definition) is 0. The van der Waals surface area contributed by atoms with Crippen LogP contribution in [0, 0.1) is 0 Å². The first kappa shape index (κ1) is 17.2. The summed E-state index contributed by atoms with van der Waals surface area (Å²) in [6.07, 6.45) is 0. The molecule has 7 nitrogen and oxygen atoms in total. The van der Waals surface area contributed by atoms with E-state index in [0.717, 1.165) is 0 Å². The molecule has 128 valence electrons. The predicted molar refractivity (Wildman–Crippen MR) is 94.8 cm³/mol. The first-order chi connectivity index (χ1) is 11.9. The number of hydrazone groups is 1. The maximum Gasteiger partial charge on any atom is 0.280 e. The van der Waals surface area contributed by atoms with Crippen molar-refractivity contribution in [2.45, 2.75) is 17.9 Å². The zero-order valence-electron chi connectivity index (χ0n) is 13.1. The third-order valence-corrected chi connectivity index (χ3v) is 4.84. The van der Waals surface area contributed by atoms with Gasteiger partial charge in [0.1, 0.15) is 0 Å². The molecule has 0 N–H and O–H groups in total. The van der Waals surface area contributed by atoms with Crippen LogP contribution in [-0.2, 0) is 13.8 Å². The molecule has 1 aliphatic heterocycles. The molecule has 3 rings (SSSR count). The number of halogens is 1. The minimum Gasteiger partial charge on any atom is -0.269 e. The summed E-state index contributed by atoms with van der Waals surface area (Å²) in [5.41, 5.74) is 1.42. The molecule has 2 aromatic rings. The molecule has 0 radical (unpaired) electrons. The van der Waals surface area contributed by atoms with Crippen molar-refractivity contribution in [3.63, 3.8) is 0 Å². The lowest BCUT2D eigenvalue weighted by Crippen LogP contribution is -2.29. The van der Waals surface area contributed by atoms with Gasteiger partial charge in [-0.1, -0.05) is 24.3 Å². The highest BCUT2D eigenvalue weighted by molar-refractivity contribution is 8.13. The van der Waals surface area contributed by atoms with E-state index in [9.17, 15) is 13.2 Å². The normalized spacial score (nSPS) is 18.0. The Hall–Kier alpha value is -2.58.